The fourth-order valence-corrected chi connectivity index (χ4v) is 3.41. The van der Waals surface area contributed by atoms with Crippen molar-refractivity contribution in [3.8, 4) is 0 Å². The summed E-state index contributed by atoms with van der Waals surface area (Å²) in [4.78, 5) is 0. The topological polar surface area (TPSA) is 75.4 Å². The molecule has 2 atom stereocenters. The first kappa shape index (κ1) is 12.9. The van der Waals surface area contributed by atoms with E-state index >= 15 is 0 Å². The molecule has 2 unspecified atom stereocenters. The lowest BCUT2D eigenvalue weighted by Crippen LogP contribution is -2.54. The van der Waals surface area contributed by atoms with Crippen LogP contribution in [0.5, 0.6) is 0 Å². The third-order valence-electron chi connectivity index (χ3n) is 2.96. The molecule has 0 aromatic carbocycles. The van der Waals surface area contributed by atoms with Gasteiger partial charge < -0.3 is 5.73 Å². The van der Waals surface area contributed by atoms with Crippen LogP contribution >= 0.6 is 0 Å². The molecule has 1 heterocycles. The lowest BCUT2D eigenvalue weighted by molar-refractivity contribution is 0.250. The normalized spacial score (nSPS) is 28.9. The number of rotatable bonds is 4. The molecule has 0 amide bonds. The van der Waals surface area contributed by atoms with Gasteiger partial charge in [0.2, 0.25) is 0 Å². The van der Waals surface area contributed by atoms with Gasteiger partial charge in [-0.25, -0.2) is 4.72 Å². The van der Waals surface area contributed by atoms with Gasteiger partial charge in [0.15, 0.2) is 0 Å². The minimum absolute atomic E-state index is 0.0584. The first-order valence-corrected chi connectivity index (χ1v) is 6.91. The highest BCUT2D eigenvalue weighted by Gasteiger charge is 2.33. The van der Waals surface area contributed by atoms with E-state index in [0.29, 0.717) is 25.6 Å². The molecule has 1 rings (SSSR count). The lowest BCUT2D eigenvalue weighted by Gasteiger charge is -2.35. The van der Waals surface area contributed by atoms with Crippen LogP contribution < -0.4 is 10.5 Å². The fraction of sp³-hybridized carbons (Fsp3) is 1.00. The van der Waals surface area contributed by atoms with Gasteiger partial charge >= 0.3 is 0 Å². The molecule has 0 bridgehead atoms. The van der Waals surface area contributed by atoms with Crippen molar-refractivity contribution in [3.05, 3.63) is 0 Å². The molecule has 6 heteroatoms. The van der Waals surface area contributed by atoms with E-state index in [4.69, 9.17) is 5.73 Å². The molecule has 15 heavy (non-hydrogen) atoms. The van der Waals surface area contributed by atoms with Crippen LogP contribution in [0.3, 0.4) is 0 Å². The van der Waals surface area contributed by atoms with E-state index in [1.165, 1.54) is 0 Å². The summed E-state index contributed by atoms with van der Waals surface area (Å²) < 4.78 is 27.6. The summed E-state index contributed by atoms with van der Waals surface area (Å²) in [7, 11) is -3.24. The van der Waals surface area contributed by atoms with Gasteiger partial charge in [-0.05, 0) is 32.2 Å². The highest BCUT2D eigenvalue weighted by molar-refractivity contribution is 7.87. The molecule has 1 saturated heterocycles. The Kier molecular flexibility index (Phi) is 4.51. The third-order valence-corrected chi connectivity index (χ3v) is 4.62. The Morgan fingerprint density at radius 2 is 2.27 bits per heavy atom. The molecule has 3 N–H and O–H groups in total. The number of nitrogens with zero attached hydrogens (tertiary/aromatic N) is 1. The molecule has 0 aliphatic carbocycles. The Balaban J connectivity index is 2.70. The highest BCUT2D eigenvalue weighted by atomic mass is 32.2. The van der Waals surface area contributed by atoms with E-state index in [1.54, 1.807) is 4.31 Å². The molecule has 1 fully saturated rings. The average molecular weight is 235 g/mol. The maximum atomic E-state index is 11.7. The monoisotopic (exact) mass is 235 g/mol. The summed E-state index contributed by atoms with van der Waals surface area (Å²) in [6.45, 7) is 5.66. The Morgan fingerprint density at radius 3 is 2.80 bits per heavy atom. The van der Waals surface area contributed by atoms with Crippen molar-refractivity contribution in [2.45, 2.75) is 32.7 Å². The van der Waals surface area contributed by atoms with Gasteiger partial charge in [0, 0.05) is 19.1 Å². The molecule has 5 nitrogen and oxygen atoms in total. The van der Waals surface area contributed by atoms with Gasteiger partial charge in [-0.1, -0.05) is 6.92 Å². The molecular weight excluding hydrogens is 214 g/mol. The van der Waals surface area contributed by atoms with Crippen LogP contribution in [0.4, 0.5) is 0 Å². The summed E-state index contributed by atoms with van der Waals surface area (Å²) in [5, 5.41) is 0. The Bertz CT molecular complexity index is 292. The zero-order chi connectivity index (χ0) is 11.5. The molecule has 0 saturated carbocycles. The predicted octanol–water partition coefficient (Wildman–Crippen LogP) is -0.100. The van der Waals surface area contributed by atoms with Gasteiger partial charge in [-0.15, -0.1) is 0 Å². The molecular formula is C9H21N3O2S. The van der Waals surface area contributed by atoms with Crippen molar-refractivity contribution < 1.29 is 8.42 Å². The van der Waals surface area contributed by atoms with E-state index in [1.807, 2.05) is 13.8 Å². The third kappa shape index (κ3) is 3.14. The molecule has 0 aromatic rings. The van der Waals surface area contributed by atoms with Crippen LogP contribution in [0.25, 0.3) is 0 Å². The van der Waals surface area contributed by atoms with Gasteiger partial charge in [0.05, 0.1) is 0 Å². The molecule has 1 aliphatic heterocycles. The van der Waals surface area contributed by atoms with Crippen LogP contribution in [0.15, 0.2) is 0 Å². The summed E-state index contributed by atoms with van der Waals surface area (Å²) in [5.41, 5.74) is 5.49. The smallest absolute Gasteiger partial charge is 0.279 e. The number of hydrogen-bond acceptors (Lipinski definition) is 3. The highest BCUT2D eigenvalue weighted by Crippen LogP contribution is 2.18. The number of hydrogen-bond donors (Lipinski definition) is 2. The molecule has 1 aliphatic rings. The van der Waals surface area contributed by atoms with Crippen molar-refractivity contribution in [2.75, 3.05) is 19.6 Å². The zero-order valence-electron chi connectivity index (χ0n) is 9.44. The van der Waals surface area contributed by atoms with Gasteiger partial charge in [0.25, 0.3) is 10.2 Å². The van der Waals surface area contributed by atoms with Crippen LogP contribution in [0.2, 0.25) is 0 Å². The SMILES string of the molecule is CCC(C)N1CC(CCN)CNS1(=O)=O. The molecule has 0 spiro atoms. The first-order valence-electron chi connectivity index (χ1n) is 5.47. The van der Waals surface area contributed by atoms with Crippen LogP contribution in [0.1, 0.15) is 26.7 Å². The Hall–Kier alpha value is -0.170. The molecule has 0 aromatic heterocycles. The van der Waals surface area contributed by atoms with Crippen LogP contribution in [-0.4, -0.2) is 38.4 Å². The van der Waals surface area contributed by atoms with Gasteiger partial charge in [0.1, 0.15) is 0 Å². The molecule has 0 radical (unpaired) electrons. The van der Waals surface area contributed by atoms with Crippen molar-refractivity contribution in [3.63, 3.8) is 0 Å². The van der Waals surface area contributed by atoms with Crippen LogP contribution in [-0.2, 0) is 10.2 Å². The van der Waals surface area contributed by atoms with E-state index in [-0.39, 0.29) is 6.04 Å². The van der Waals surface area contributed by atoms with E-state index in [2.05, 4.69) is 4.72 Å². The summed E-state index contributed by atoms with van der Waals surface area (Å²) in [6, 6.07) is 0.0584. The minimum Gasteiger partial charge on any atom is -0.330 e. The standard InChI is InChI=1S/C9H21N3O2S/c1-3-8(2)12-7-9(4-5-10)6-11-15(12,13)14/h8-9,11H,3-7,10H2,1-2H3. The van der Waals surface area contributed by atoms with E-state index in [0.717, 1.165) is 12.8 Å². The van der Waals surface area contributed by atoms with Crippen molar-refractivity contribution in [1.82, 2.24) is 9.03 Å². The predicted molar refractivity (Wildman–Crippen MR) is 60.5 cm³/mol. The molecule has 90 valence electrons. The summed E-state index contributed by atoms with van der Waals surface area (Å²) in [6.07, 6.45) is 1.70. The maximum Gasteiger partial charge on any atom is 0.279 e. The van der Waals surface area contributed by atoms with E-state index < -0.39 is 10.2 Å². The second kappa shape index (κ2) is 5.25. The van der Waals surface area contributed by atoms with Crippen LogP contribution in [0, 0.1) is 5.92 Å². The Labute approximate surface area is 92.2 Å². The van der Waals surface area contributed by atoms with E-state index in [9.17, 15) is 8.42 Å². The summed E-state index contributed by atoms with van der Waals surface area (Å²) in [5.74, 6) is 0.340. The van der Waals surface area contributed by atoms with Crippen molar-refractivity contribution in [2.24, 2.45) is 11.7 Å². The maximum absolute atomic E-state index is 11.7. The Morgan fingerprint density at radius 1 is 1.60 bits per heavy atom. The quantitative estimate of drug-likeness (QED) is 0.714. The second-order valence-electron chi connectivity index (χ2n) is 4.12. The largest absolute Gasteiger partial charge is 0.330 e. The fourth-order valence-electron chi connectivity index (χ4n) is 1.77. The number of nitrogens with two attached hydrogens (primary N) is 1. The lowest BCUT2D eigenvalue weighted by atomic mass is 10.1. The van der Waals surface area contributed by atoms with Gasteiger partial charge in [-0.2, -0.15) is 12.7 Å². The first-order chi connectivity index (χ1) is 7.01. The zero-order valence-corrected chi connectivity index (χ0v) is 10.3. The second-order valence-corrected chi connectivity index (χ2v) is 5.83. The van der Waals surface area contributed by atoms with Crippen molar-refractivity contribution >= 4 is 10.2 Å². The minimum atomic E-state index is -3.24. The van der Waals surface area contributed by atoms with Gasteiger partial charge in [-0.3, -0.25) is 0 Å². The average Bonchev–Trinajstić information content (AvgIpc) is 2.20. The summed E-state index contributed by atoms with van der Waals surface area (Å²) >= 11 is 0. The van der Waals surface area contributed by atoms with Crippen molar-refractivity contribution in [1.29, 1.82) is 0 Å². The number of nitrogens with one attached hydrogen (secondary N) is 1.